The SMILES string of the molecule is N#CC(Cl)=Cc1ccc(Cl)cc1. The monoisotopic (exact) mass is 197 g/mol. The van der Waals surface area contributed by atoms with Crippen molar-refractivity contribution in [2.75, 3.05) is 0 Å². The lowest BCUT2D eigenvalue weighted by molar-refractivity contribution is 1.53. The van der Waals surface area contributed by atoms with Crippen LogP contribution in [-0.2, 0) is 0 Å². The Morgan fingerprint density at radius 1 is 1.33 bits per heavy atom. The largest absolute Gasteiger partial charge is 0.191 e. The molecule has 0 aliphatic carbocycles. The van der Waals surface area contributed by atoms with E-state index in [1.54, 1.807) is 30.3 Å². The van der Waals surface area contributed by atoms with Crippen LogP contribution in [0.3, 0.4) is 0 Å². The summed E-state index contributed by atoms with van der Waals surface area (Å²) in [4.78, 5) is 0. The second-order valence-electron chi connectivity index (χ2n) is 2.16. The molecular formula is C9H5Cl2N. The van der Waals surface area contributed by atoms with Crippen LogP contribution in [0.5, 0.6) is 0 Å². The van der Waals surface area contributed by atoms with E-state index in [1.165, 1.54) is 0 Å². The predicted octanol–water partition coefficient (Wildman–Crippen LogP) is 3.44. The highest BCUT2D eigenvalue weighted by atomic mass is 35.5. The molecule has 0 N–H and O–H groups in total. The molecule has 0 unspecified atom stereocenters. The Labute approximate surface area is 80.8 Å². The third kappa shape index (κ3) is 2.58. The lowest BCUT2D eigenvalue weighted by atomic mass is 10.2. The van der Waals surface area contributed by atoms with Gasteiger partial charge in [0.1, 0.15) is 11.1 Å². The fourth-order valence-corrected chi connectivity index (χ4v) is 0.990. The summed E-state index contributed by atoms with van der Waals surface area (Å²) in [6, 6.07) is 8.90. The van der Waals surface area contributed by atoms with E-state index in [0.29, 0.717) is 5.02 Å². The Morgan fingerprint density at radius 3 is 2.42 bits per heavy atom. The summed E-state index contributed by atoms with van der Waals surface area (Å²) in [6.45, 7) is 0. The smallest absolute Gasteiger partial charge is 0.118 e. The van der Waals surface area contributed by atoms with Crippen molar-refractivity contribution in [3.05, 3.63) is 39.9 Å². The summed E-state index contributed by atoms with van der Waals surface area (Å²) in [5.41, 5.74) is 0.867. The fourth-order valence-electron chi connectivity index (χ4n) is 0.738. The van der Waals surface area contributed by atoms with Gasteiger partial charge < -0.3 is 0 Å². The first-order valence-electron chi connectivity index (χ1n) is 3.25. The molecule has 1 aromatic rings. The highest BCUT2D eigenvalue weighted by molar-refractivity contribution is 6.34. The molecule has 0 saturated heterocycles. The average Bonchev–Trinajstić information content (AvgIpc) is 2.09. The van der Waals surface area contributed by atoms with Gasteiger partial charge in [0.25, 0.3) is 0 Å². The number of allylic oxidation sites excluding steroid dienone is 1. The summed E-state index contributed by atoms with van der Waals surface area (Å²) in [5, 5.41) is 9.21. The Bertz CT molecular complexity index is 333. The van der Waals surface area contributed by atoms with Gasteiger partial charge in [0.2, 0.25) is 0 Å². The molecule has 60 valence electrons. The topological polar surface area (TPSA) is 23.8 Å². The molecule has 3 heteroatoms. The summed E-state index contributed by atoms with van der Waals surface area (Å²) in [6.07, 6.45) is 1.58. The molecular weight excluding hydrogens is 193 g/mol. The maximum Gasteiger partial charge on any atom is 0.118 e. The van der Waals surface area contributed by atoms with Crippen molar-refractivity contribution in [1.82, 2.24) is 0 Å². The Hall–Kier alpha value is -0.970. The lowest BCUT2D eigenvalue weighted by Gasteiger charge is -1.92. The average molecular weight is 198 g/mol. The number of rotatable bonds is 1. The van der Waals surface area contributed by atoms with E-state index in [1.807, 2.05) is 6.07 Å². The first-order valence-corrected chi connectivity index (χ1v) is 4.01. The maximum absolute atomic E-state index is 8.37. The van der Waals surface area contributed by atoms with E-state index >= 15 is 0 Å². The minimum Gasteiger partial charge on any atom is -0.191 e. The normalized spacial score (nSPS) is 10.9. The van der Waals surface area contributed by atoms with Gasteiger partial charge in [0.15, 0.2) is 0 Å². The molecule has 0 spiro atoms. The Morgan fingerprint density at radius 2 is 1.92 bits per heavy atom. The lowest BCUT2D eigenvalue weighted by Crippen LogP contribution is -1.71. The van der Waals surface area contributed by atoms with Crippen LogP contribution in [0.4, 0.5) is 0 Å². The van der Waals surface area contributed by atoms with Crippen LogP contribution in [0.15, 0.2) is 29.3 Å². The van der Waals surface area contributed by atoms with E-state index in [0.717, 1.165) is 5.56 Å². The highest BCUT2D eigenvalue weighted by Gasteiger charge is 1.91. The highest BCUT2D eigenvalue weighted by Crippen LogP contribution is 2.13. The van der Waals surface area contributed by atoms with Crippen LogP contribution >= 0.6 is 23.2 Å². The van der Waals surface area contributed by atoms with Crippen LogP contribution in [0.1, 0.15) is 5.56 Å². The standard InChI is InChI=1S/C9H5Cl2N/c10-8-3-1-7(2-4-8)5-9(11)6-12/h1-5H. The van der Waals surface area contributed by atoms with E-state index in [4.69, 9.17) is 28.5 Å². The molecule has 1 aromatic carbocycles. The first kappa shape index (κ1) is 9.12. The van der Waals surface area contributed by atoms with Crippen molar-refractivity contribution in [2.24, 2.45) is 0 Å². The van der Waals surface area contributed by atoms with E-state index in [2.05, 4.69) is 0 Å². The van der Waals surface area contributed by atoms with Gasteiger partial charge in [-0.15, -0.1) is 0 Å². The second kappa shape index (κ2) is 4.15. The molecule has 0 heterocycles. The fraction of sp³-hybridized carbons (Fsp3) is 0. The summed E-state index contributed by atoms with van der Waals surface area (Å²) in [7, 11) is 0. The first-order chi connectivity index (χ1) is 5.72. The van der Waals surface area contributed by atoms with Crippen LogP contribution in [0.2, 0.25) is 5.02 Å². The molecule has 0 atom stereocenters. The van der Waals surface area contributed by atoms with Crippen LogP contribution in [0.25, 0.3) is 6.08 Å². The number of hydrogen-bond donors (Lipinski definition) is 0. The maximum atomic E-state index is 8.37. The Balaban J connectivity index is 2.93. The van der Waals surface area contributed by atoms with Crippen molar-refractivity contribution >= 4 is 29.3 Å². The van der Waals surface area contributed by atoms with Crippen molar-refractivity contribution < 1.29 is 0 Å². The van der Waals surface area contributed by atoms with Crippen LogP contribution in [-0.4, -0.2) is 0 Å². The predicted molar refractivity (Wildman–Crippen MR) is 50.9 cm³/mol. The van der Waals surface area contributed by atoms with Gasteiger partial charge in [0.05, 0.1) is 0 Å². The van der Waals surface area contributed by atoms with Crippen molar-refractivity contribution in [1.29, 1.82) is 5.26 Å². The third-order valence-corrected chi connectivity index (χ3v) is 1.72. The van der Waals surface area contributed by atoms with Gasteiger partial charge in [-0.1, -0.05) is 35.3 Å². The molecule has 0 bridgehead atoms. The van der Waals surface area contributed by atoms with Crippen molar-refractivity contribution in [3.8, 4) is 6.07 Å². The van der Waals surface area contributed by atoms with Gasteiger partial charge in [-0.25, -0.2) is 0 Å². The number of nitriles is 1. The summed E-state index contributed by atoms with van der Waals surface area (Å²) in [5.74, 6) is 0. The zero-order valence-electron chi connectivity index (χ0n) is 6.09. The van der Waals surface area contributed by atoms with Crippen LogP contribution in [0, 0.1) is 11.3 Å². The number of halogens is 2. The minimum atomic E-state index is 0.164. The molecule has 0 radical (unpaired) electrons. The Kier molecular flexibility index (Phi) is 3.16. The third-order valence-electron chi connectivity index (χ3n) is 1.27. The molecule has 0 aliphatic heterocycles. The molecule has 1 nitrogen and oxygen atoms in total. The quantitative estimate of drug-likeness (QED) is 0.634. The number of hydrogen-bond acceptors (Lipinski definition) is 1. The summed E-state index contributed by atoms with van der Waals surface area (Å²) < 4.78 is 0. The van der Waals surface area contributed by atoms with Gasteiger partial charge in [-0.05, 0) is 23.8 Å². The minimum absolute atomic E-state index is 0.164. The van der Waals surface area contributed by atoms with Gasteiger partial charge in [0, 0.05) is 5.02 Å². The molecule has 0 saturated carbocycles. The molecule has 1 rings (SSSR count). The molecule has 0 aromatic heterocycles. The summed E-state index contributed by atoms with van der Waals surface area (Å²) >= 11 is 11.2. The van der Waals surface area contributed by atoms with Crippen molar-refractivity contribution in [3.63, 3.8) is 0 Å². The van der Waals surface area contributed by atoms with Gasteiger partial charge in [-0.2, -0.15) is 5.26 Å². The number of benzene rings is 1. The number of nitrogens with zero attached hydrogens (tertiary/aromatic N) is 1. The second-order valence-corrected chi connectivity index (χ2v) is 3.00. The van der Waals surface area contributed by atoms with E-state index in [9.17, 15) is 0 Å². The zero-order valence-corrected chi connectivity index (χ0v) is 7.60. The van der Waals surface area contributed by atoms with E-state index in [-0.39, 0.29) is 5.03 Å². The molecule has 0 aliphatic rings. The van der Waals surface area contributed by atoms with Crippen molar-refractivity contribution in [2.45, 2.75) is 0 Å². The van der Waals surface area contributed by atoms with Gasteiger partial charge in [-0.3, -0.25) is 0 Å². The molecule has 0 fully saturated rings. The van der Waals surface area contributed by atoms with E-state index < -0.39 is 0 Å². The molecule has 12 heavy (non-hydrogen) atoms. The van der Waals surface area contributed by atoms with Gasteiger partial charge >= 0.3 is 0 Å². The zero-order chi connectivity index (χ0) is 8.97. The van der Waals surface area contributed by atoms with Crippen LogP contribution < -0.4 is 0 Å². The molecule has 0 amide bonds.